The Morgan fingerprint density at radius 1 is 0.397 bits per heavy atom. The molecule has 0 unspecified atom stereocenters. The smallest absolute Gasteiger partial charge is 0.161 e. The van der Waals surface area contributed by atoms with Crippen molar-refractivity contribution in [3.05, 3.63) is 22.7 Å². The summed E-state index contributed by atoms with van der Waals surface area (Å²) < 4.78 is 79.3. The molecule has 0 aromatic rings. The minimum Gasteiger partial charge on any atom is -0.873 e. The van der Waals surface area contributed by atoms with Gasteiger partial charge < -0.3 is 76.5 Å². The topological polar surface area (TPSA) is 200 Å². The van der Waals surface area contributed by atoms with Crippen LogP contribution in [0.3, 0.4) is 0 Å². The van der Waals surface area contributed by atoms with Crippen LogP contribution in [0.4, 0.5) is 0 Å². The van der Waals surface area contributed by atoms with Crippen LogP contribution in [0.2, 0.25) is 0 Å². The van der Waals surface area contributed by atoms with E-state index in [2.05, 4.69) is 9.98 Å². The van der Waals surface area contributed by atoms with E-state index in [9.17, 15) is 10.2 Å². The average Bonchev–Trinajstić information content (AvgIpc) is 3.84. The molecule has 73 heavy (non-hydrogen) atoms. The molecular formula is C52H90N2O16P2Tc. The van der Waals surface area contributed by atoms with Crippen LogP contribution >= 0.6 is 15.8 Å². The van der Waals surface area contributed by atoms with Crippen molar-refractivity contribution in [1.82, 2.24) is 0 Å². The number of aliphatic imine (C=N–C) groups is 2. The first-order valence-corrected chi connectivity index (χ1v) is 31.4. The summed E-state index contributed by atoms with van der Waals surface area (Å²) in [6.45, 7) is 18.5. The van der Waals surface area contributed by atoms with E-state index in [0.29, 0.717) is 37.4 Å². The summed E-state index contributed by atoms with van der Waals surface area (Å²) in [7, 11) is -1.04. The van der Waals surface area contributed by atoms with Gasteiger partial charge in [0.15, 0.2) is 37.7 Å². The third kappa shape index (κ3) is 24.5. The van der Waals surface area contributed by atoms with Gasteiger partial charge in [-0.1, -0.05) is 11.5 Å². The number of hydrogen-bond acceptors (Lipinski definition) is 18. The van der Waals surface area contributed by atoms with Gasteiger partial charge in [-0.25, -0.2) is 0 Å². The molecule has 0 aromatic carbocycles. The standard InChI is InChI=1S/2C18H33O6P.C16H24N2O4.Tc/c2*1-7-19-16(20-8-1)4-13-25(14-5-17-21-9-2-10-22-17)15-6-18-23-11-3-12-24-18;1-15(2)13(19)11(9-21-15)7-17-5-6-18-8-12-10-22-16(3,4)14(12)20;/h2*16-18H,1-15H2;7-8,19-20H,5-6,9-10H2,1-4H3;/i;;;1+1. The van der Waals surface area contributed by atoms with Crippen molar-refractivity contribution >= 4 is 28.3 Å². The number of nitrogens with zero attached hydrogens (tertiary/aromatic N) is 2. The molecule has 18 nitrogen and oxygen atoms in total. The summed E-state index contributed by atoms with van der Waals surface area (Å²) in [5.41, 5.74) is -0.314. The van der Waals surface area contributed by atoms with Gasteiger partial charge in [-0.2, -0.15) is 0 Å². The molecule has 0 aliphatic carbocycles. The molecule has 6 fully saturated rings. The van der Waals surface area contributed by atoms with Crippen molar-refractivity contribution in [2.45, 2.75) is 154 Å². The van der Waals surface area contributed by atoms with Gasteiger partial charge in [0.1, 0.15) is 0 Å². The first-order valence-electron chi connectivity index (χ1n) is 27.2. The molecule has 0 bridgehead atoms. The van der Waals surface area contributed by atoms with Gasteiger partial charge in [0.2, 0.25) is 0 Å². The first-order chi connectivity index (χ1) is 35.0. The average molecular weight is 1160 g/mol. The quantitative estimate of drug-likeness (QED) is 0.0726. The van der Waals surface area contributed by atoms with Crippen molar-refractivity contribution in [3.8, 4) is 0 Å². The third-order valence-corrected chi connectivity index (χ3v) is 19.5. The predicted octanol–water partition coefficient (Wildman–Crippen LogP) is 5.29. The summed E-state index contributed by atoms with van der Waals surface area (Å²) >= 11 is 0. The van der Waals surface area contributed by atoms with E-state index in [0.717, 1.165) is 156 Å². The summed E-state index contributed by atoms with van der Waals surface area (Å²) in [6, 6.07) is 0. The summed E-state index contributed by atoms with van der Waals surface area (Å²) in [5, 5.41) is 23.8. The zero-order valence-electron chi connectivity index (χ0n) is 44.5. The fourth-order valence-corrected chi connectivity index (χ4v) is 14.5. The fourth-order valence-electron chi connectivity index (χ4n) is 9.11. The molecule has 1 radical (unpaired) electrons. The molecule has 0 saturated carbocycles. The summed E-state index contributed by atoms with van der Waals surface area (Å²) in [5.74, 6) is -0.0440. The maximum Gasteiger partial charge on any atom is 0.161 e. The van der Waals surface area contributed by atoms with Crippen LogP contribution < -0.4 is 10.2 Å². The van der Waals surface area contributed by atoms with Gasteiger partial charge in [-0.05, 0) is 77.4 Å². The number of rotatable bonds is 23. The molecule has 0 N–H and O–H groups in total. The first kappa shape index (κ1) is 63.2. The maximum atomic E-state index is 11.9. The Hall–Kier alpha value is -0.631. The van der Waals surface area contributed by atoms with E-state index >= 15 is 0 Å². The van der Waals surface area contributed by atoms with E-state index in [-0.39, 0.29) is 69.4 Å². The molecule has 0 aromatic heterocycles. The molecule has 421 valence electrons. The van der Waals surface area contributed by atoms with Crippen molar-refractivity contribution in [2.75, 3.05) is 143 Å². The van der Waals surface area contributed by atoms with Gasteiger partial charge in [0.25, 0.3) is 0 Å². The molecule has 0 atom stereocenters. The van der Waals surface area contributed by atoms with Crippen LogP contribution in [0.25, 0.3) is 0 Å². The van der Waals surface area contributed by atoms with Crippen molar-refractivity contribution in [2.24, 2.45) is 9.98 Å². The second-order valence-corrected chi connectivity index (χ2v) is 26.3. The number of ether oxygens (including phenoxy) is 14. The Balaban J connectivity index is 0.000000202. The zero-order valence-corrected chi connectivity index (χ0v) is 48.3. The van der Waals surface area contributed by atoms with Crippen LogP contribution in [0, 0.1) is 0 Å². The van der Waals surface area contributed by atoms with Gasteiger partial charge in [0.05, 0.1) is 154 Å². The van der Waals surface area contributed by atoms with Crippen molar-refractivity contribution in [3.63, 3.8) is 0 Å². The van der Waals surface area contributed by atoms with E-state index in [1.54, 1.807) is 40.1 Å². The Kier molecular flexibility index (Phi) is 31.0. The molecule has 6 saturated heterocycles. The van der Waals surface area contributed by atoms with Crippen molar-refractivity contribution in [1.29, 1.82) is 0 Å². The molecule has 21 heteroatoms. The van der Waals surface area contributed by atoms with Crippen LogP contribution in [0.5, 0.6) is 0 Å². The van der Waals surface area contributed by atoms with E-state index < -0.39 is 27.0 Å². The molecule has 0 amide bonds. The molecular weight excluding hydrogens is 1070 g/mol. The third-order valence-electron chi connectivity index (χ3n) is 13.5. The monoisotopic (exact) mass is 1160 g/mol. The zero-order chi connectivity index (χ0) is 50.7. The normalized spacial score (nSPS) is 24.4. The summed E-state index contributed by atoms with van der Waals surface area (Å²) in [4.78, 5) is 8.36. The maximum absolute atomic E-state index is 11.9. The van der Waals surface area contributed by atoms with Gasteiger partial charge in [-0.15, -0.1) is 0 Å². The predicted molar refractivity (Wildman–Crippen MR) is 276 cm³/mol. The van der Waals surface area contributed by atoms with Crippen LogP contribution in [-0.4, -0.2) is 204 Å². The Morgan fingerprint density at radius 3 is 0.781 bits per heavy atom. The van der Waals surface area contributed by atoms with Crippen molar-refractivity contribution < 1.29 is 96.6 Å². The van der Waals surface area contributed by atoms with E-state index in [1.807, 2.05) is 0 Å². The number of hydrogen-bond donors (Lipinski definition) is 0. The largest absolute Gasteiger partial charge is 0.873 e. The Bertz CT molecular complexity index is 1390. The molecule has 8 heterocycles. The Labute approximate surface area is 451 Å². The summed E-state index contributed by atoms with van der Waals surface area (Å²) in [6.07, 6.45) is 22.5. The van der Waals surface area contributed by atoms with E-state index in [1.165, 1.54) is 37.0 Å². The van der Waals surface area contributed by atoms with Gasteiger partial charge >= 0.3 is 0 Å². The fraction of sp³-hybridized carbons (Fsp3) is 0.885. The van der Waals surface area contributed by atoms with Gasteiger partial charge in [0, 0.05) is 86.9 Å². The second kappa shape index (κ2) is 35.8. The molecule has 8 aliphatic heterocycles. The molecule has 0 spiro atoms. The van der Waals surface area contributed by atoms with Crippen LogP contribution in [0.15, 0.2) is 32.6 Å². The minimum atomic E-state index is -0.744. The minimum absolute atomic E-state index is 0. The second-order valence-electron chi connectivity index (χ2n) is 20.3. The van der Waals surface area contributed by atoms with Gasteiger partial charge in [-0.3, -0.25) is 9.98 Å². The van der Waals surface area contributed by atoms with Crippen LogP contribution in [0.1, 0.15) is 105 Å². The molecule has 8 aliphatic rings. The van der Waals surface area contributed by atoms with E-state index in [4.69, 9.17) is 66.3 Å². The Morgan fingerprint density at radius 2 is 0.603 bits per heavy atom. The molecule has 8 rings (SSSR count). The SMILES string of the molecule is C1COC(CC[PH+](CCC2OCCCO2)CCC2OCCCO2)OC1.C1COC(CC[PH+](CCC2OCCCO2)CCC2OCCCO2)OC1.CC1(C)OCC(C=NCCN=CC2=C([O-])C(C)(C)OC2)=C1[O-].[99Tc]. The van der Waals surface area contributed by atoms with Crippen LogP contribution in [-0.2, 0) is 86.4 Å².